The van der Waals surface area contributed by atoms with Gasteiger partial charge in [0.25, 0.3) is 0 Å². The Balaban J connectivity index is 2.38. The van der Waals surface area contributed by atoms with Gasteiger partial charge >= 0.3 is 0 Å². The van der Waals surface area contributed by atoms with Crippen molar-refractivity contribution in [3.8, 4) is 0 Å². The van der Waals surface area contributed by atoms with E-state index in [1.807, 2.05) is 64.1 Å². The Morgan fingerprint density at radius 3 is 2.19 bits per heavy atom. The van der Waals surface area contributed by atoms with E-state index in [2.05, 4.69) is 5.32 Å². The van der Waals surface area contributed by atoms with Crippen LogP contribution in [0.25, 0.3) is 0 Å². The lowest BCUT2D eigenvalue weighted by Gasteiger charge is -2.33. The van der Waals surface area contributed by atoms with Gasteiger partial charge in [0, 0.05) is 12.1 Å². The summed E-state index contributed by atoms with van der Waals surface area (Å²) in [6.07, 6.45) is 1.07. The molecule has 32 heavy (non-hydrogen) atoms. The molecule has 174 valence electrons. The molecule has 0 heterocycles. The van der Waals surface area contributed by atoms with Gasteiger partial charge < -0.3 is 10.2 Å². The zero-order valence-corrected chi connectivity index (χ0v) is 20.4. The first-order valence-electron chi connectivity index (χ1n) is 10.5. The van der Waals surface area contributed by atoms with Crippen molar-refractivity contribution in [2.75, 3.05) is 17.1 Å². The predicted octanol–water partition coefficient (Wildman–Crippen LogP) is 3.09. The van der Waals surface area contributed by atoms with Crippen molar-refractivity contribution in [2.45, 2.75) is 52.7 Å². The van der Waals surface area contributed by atoms with Crippen molar-refractivity contribution in [1.82, 2.24) is 10.2 Å². The summed E-state index contributed by atoms with van der Waals surface area (Å²) in [5.41, 5.74) is 1.67. The SMILES string of the molecule is Cc1cccc(N(CC(=O)N(Cc2ccccc2)C(C)C(=O)NC(C)(C)C)S(C)(=O)=O)c1. The molecule has 7 nitrogen and oxygen atoms in total. The fraction of sp³-hybridized carbons (Fsp3) is 0.417. The highest BCUT2D eigenvalue weighted by atomic mass is 32.2. The van der Waals surface area contributed by atoms with Crippen molar-refractivity contribution in [3.05, 3.63) is 65.7 Å². The maximum atomic E-state index is 13.4. The fourth-order valence-corrected chi connectivity index (χ4v) is 4.08. The van der Waals surface area contributed by atoms with Crippen molar-refractivity contribution >= 4 is 27.5 Å². The summed E-state index contributed by atoms with van der Waals surface area (Å²) in [4.78, 5) is 27.7. The van der Waals surface area contributed by atoms with Crippen molar-refractivity contribution in [1.29, 1.82) is 0 Å². The van der Waals surface area contributed by atoms with Crippen LogP contribution in [-0.4, -0.2) is 49.5 Å². The van der Waals surface area contributed by atoms with Crippen LogP contribution in [0, 0.1) is 6.92 Å². The molecule has 2 amide bonds. The zero-order valence-electron chi connectivity index (χ0n) is 19.6. The Morgan fingerprint density at radius 1 is 1.03 bits per heavy atom. The molecule has 1 N–H and O–H groups in total. The molecule has 0 aliphatic rings. The van der Waals surface area contributed by atoms with Gasteiger partial charge in [0.1, 0.15) is 12.6 Å². The van der Waals surface area contributed by atoms with Crippen molar-refractivity contribution < 1.29 is 18.0 Å². The van der Waals surface area contributed by atoms with Crippen LogP contribution in [0.15, 0.2) is 54.6 Å². The first-order valence-corrected chi connectivity index (χ1v) is 12.3. The molecule has 2 aromatic rings. The monoisotopic (exact) mass is 459 g/mol. The number of hydrogen-bond acceptors (Lipinski definition) is 4. The third kappa shape index (κ3) is 7.37. The number of aryl methyl sites for hydroxylation is 1. The number of hydrogen-bond donors (Lipinski definition) is 1. The molecule has 0 saturated carbocycles. The van der Waals surface area contributed by atoms with Crippen molar-refractivity contribution in [2.24, 2.45) is 0 Å². The Kier molecular flexibility index (Phi) is 8.07. The van der Waals surface area contributed by atoms with E-state index in [-0.39, 0.29) is 12.5 Å². The van der Waals surface area contributed by atoms with E-state index < -0.39 is 34.1 Å². The number of benzene rings is 2. The first-order chi connectivity index (χ1) is 14.8. The van der Waals surface area contributed by atoms with Gasteiger partial charge in [-0.3, -0.25) is 13.9 Å². The van der Waals surface area contributed by atoms with Gasteiger partial charge in [-0.25, -0.2) is 8.42 Å². The summed E-state index contributed by atoms with van der Waals surface area (Å²) in [5, 5.41) is 2.90. The summed E-state index contributed by atoms with van der Waals surface area (Å²) in [6.45, 7) is 8.89. The lowest BCUT2D eigenvalue weighted by atomic mass is 10.1. The quantitative estimate of drug-likeness (QED) is 0.657. The molecule has 0 saturated heterocycles. The van der Waals surface area contributed by atoms with Crippen LogP contribution < -0.4 is 9.62 Å². The van der Waals surface area contributed by atoms with Gasteiger partial charge in [-0.2, -0.15) is 0 Å². The average molecular weight is 460 g/mol. The largest absolute Gasteiger partial charge is 0.350 e. The topological polar surface area (TPSA) is 86.8 Å². The summed E-state index contributed by atoms with van der Waals surface area (Å²) in [6, 6.07) is 15.5. The van der Waals surface area contributed by atoms with E-state index in [1.54, 1.807) is 25.1 Å². The molecular weight excluding hydrogens is 426 g/mol. The Labute approximate surface area is 191 Å². The molecule has 1 atom stereocenters. The molecular formula is C24H33N3O4S. The normalized spacial score (nSPS) is 12.7. The number of carbonyl (C=O) groups excluding carboxylic acids is 2. The molecule has 2 aromatic carbocycles. The van der Waals surface area contributed by atoms with E-state index in [0.717, 1.165) is 21.7 Å². The zero-order chi connectivity index (χ0) is 24.1. The van der Waals surface area contributed by atoms with Gasteiger partial charge in [-0.1, -0.05) is 42.5 Å². The highest BCUT2D eigenvalue weighted by Crippen LogP contribution is 2.20. The van der Waals surface area contributed by atoms with Crippen molar-refractivity contribution in [3.63, 3.8) is 0 Å². The molecule has 1 unspecified atom stereocenters. The van der Waals surface area contributed by atoms with E-state index in [9.17, 15) is 18.0 Å². The van der Waals surface area contributed by atoms with Gasteiger partial charge in [0.2, 0.25) is 21.8 Å². The maximum absolute atomic E-state index is 13.4. The highest BCUT2D eigenvalue weighted by Gasteiger charge is 2.31. The van der Waals surface area contributed by atoms with Gasteiger partial charge in [0.15, 0.2) is 0 Å². The fourth-order valence-electron chi connectivity index (χ4n) is 3.23. The molecule has 0 bridgehead atoms. The molecule has 0 spiro atoms. The Bertz CT molecular complexity index is 1050. The highest BCUT2D eigenvalue weighted by molar-refractivity contribution is 7.92. The average Bonchev–Trinajstić information content (AvgIpc) is 2.68. The number of nitrogens with zero attached hydrogens (tertiary/aromatic N) is 2. The van der Waals surface area contributed by atoms with Crippen LogP contribution in [0.2, 0.25) is 0 Å². The second kappa shape index (κ2) is 10.2. The standard InChI is InChI=1S/C24H33N3O4S/c1-18-11-10-14-21(15-18)27(32(6,30)31)17-22(28)26(16-20-12-8-7-9-13-20)19(2)23(29)25-24(3,4)5/h7-15,19H,16-17H2,1-6H3,(H,25,29). The maximum Gasteiger partial charge on any atom is 0.244 e. The number of anilines is 1. The molecule has 0 aromatic heterocycles. The second-order valence-corrected chi connectivity index (χ2v) is 10.9. The van der Waals surface area contributed by atoms with Crippen LogP contribution in [0.4, 0.5) is 5.69 Å². The first kappa shape index (κ1) is 25.4. The second-order valence-electron chi connectivity index (χ2n) is 9.03. The number of sulfonamides is 1. The molecule has 0 aliphatic heterocycles. The van der Waals surface area contributed by atoms with E-state index in [4.69, 9.17) is 0 Å². The lowest BCUT2D eigenvalue weighted by molar-refractivity contribution is -0.140. The van der Waals surface area contributed by atoms with Gasteiger partial charge in [-0.05, 0) is 57.9 Å². The minimum Gasteiger partial charge on any atom is -0.350 e. The lowest BCUT2D eigenvalue weighted by Crippen LogP contribution is -2.54. The van der Waals surface area contributed by atoms with E-state index in [1.165, 1.54) is 4.90 Å². The summed E-state index contributed by atoms with van der Waals surface area (Å²) >= 11 is 0. The van der Waals surface area contributed by atoms with Crippen LogP contribution in [0.3, 0.4) is 0 Å². The minimum absolute atomic E-state index is 0.184. The number of nitrogens with one attached hydrogen (secondary N) is 1. The number of carbonyl (C=O) groups is 2. The summed E-state index contributed by atoms with van der Waals surface area (Å²) in [5.74, 6) is -0.763. The molecule has 0 aliphatic carbocycles. The molecule has 0 radical (unpaired) electrons. The van der Waals surface area contributed by atoms with E-state index in [0.29, 0.717) is 5.69 Å². The van der Waals surface area contributed by atoms with E-state index >= 15 is 0 Å². The third-order valence-corrected chi connectivity index (χ3v) is 5.97. The molecule has 0 fully saturated rings. The number of amides is 2. The Morgan fingerprint density at radius 2 is 1.66 bits per heavy atom. The van der Waals surface area contributed by atoms with Crippen LogP contribution in [-0.2, 0) is 26.2 Å². The van der Waals surface area contributed by atoms with Crippen LogP contribution >= 0.6 is 0 Å². The smallest absolute Gasteiger partial charge is 0.244 e. The Hall–Kier alpha value is -2.87. The van der Waals surface area contributed by atoms with Crippen LogP contribution in [0.5, 0.6) is 0 Å². The van der Waals surface area contributed by atoms with Gasteiger partial charge in [-0.15, -0.1) is 0 Å². The van der Waals surface area contributed by atoms with Gasteiger partial charge in [0.05, 0.1) is 11.9 Å². The molecule has 2 rings (SSSR count). The summed E-state index contributed by atoms with van der Waals surface area (Å²) in [7, 11) is -3.73. The number of rotatable bonds is 8. The summed E-state index contributed by atoms with van der Waals surface area (Å²) < 4.78 is 26.1. The van der Waals surface area contributed by atoms with Crippen LogP contribution in [0.1, 0.15) is 38.8 Å². The minimum atomic E-state index is -3.73. The molecule has 8 heteroatoms. The third-order valence-electron chi connectivity index (χ3n) is 4.83. The predicted molar refractivity (Wildman–Crippen MR) is 128 cm³/mol.